The number of aromatic nitrogens is 2. The number of aliphatic carboxylic acids is 1. The van der Waals surface area contributed by atoms with Crippen LogP contribution >= 0.6 is 0 Å². The number of carboxylic acid groups (broad SMARTS) is 1. The molecular formula is C29H34N2O4. The van der Waals surface area contributed by atoms with E-state index in [1.54, 1.807) is 7.11 Å². The highest BCUT2D eigenvalue weighted by molar-refractivity contribution is 5.84. The first kappa shape index (κ1) is 23.6. The Kier molecular flexibility index (Phi) is 7.19. The summed E-state index contributed by atoms with van der Waals surface area (Å²) in [5.41, 5.74) is 5.97. The largest absolute Gasteiger partial charge is 0.497 e. The van der Waals surface area contributed by atoms with Crippen molar-refractivity contribution in [2.75, 3.05) is 20.3 Å². The summed E-state index contributed by atoms with van der Waals surface area (Å²) < 4.78 is 13.2. The first-order valence-electron chi connectivity index (χ1n) is 12.7. The lowest BCUT2D eigenvalue weighted by Gasteiger charge is -2.28. The molecule has 0 aliphatic heterocycles. The van der Waals surface area contributed by atoms with Crippen molar-refractivity contribution in [3.05, 3.63) is 60.3 Å². The van der Waals surface area contributed by atoms with Gasteiger partial charge in [0.05, 0.1) is 13.7 Å². The van der Waals surface area contributed by atoms with Gasteiger partial charge in [-0.3, -0.25) is 4.68 Å². The number of methoxy groups -OCH3 is 1. The fraction of sp³-hybridized carbons (Fsp3) is 0.448. The van der Waals surface area contributed by atoms with Crippen LogP contribution in [0.3, 0.4) is 0 Å². The second kappa shape index (κ2) is 10.6. The van der Waals surface area contributed by atoms with E-state index in [1.807, 2.05) is 12.1 Å². The summed E-state index contributed by atoms with van der Waals surface area (Å²) in [6.45, 7) is 1.28. The Balaban J connectivity index is 1.42. The van der Waals surface area contributed by atoms with E-state index in [9.17, 15) is 4.79 Å². The van der Waals surface area contributed by atoms with E-state index < -0.39 is 5.97 Å². The summed E-state index contributed by atoms with van der Waals surface area (Å²) in [6, 6.07) is 18.8. The van der Waals surface area contributed by atoms with Gasteiger partial charge in [0.25, 0.3) is 0 Å². The van der Waals surface area contributed by atoms with Crippen molar-refractivity contribution >= 4 is 5.97 Å². The normalized spacial score (nSPS) is 20.0. The molecule has 2 fully saturated rings. The van der Waals surface area contributed by atoms with E-state index in [0.717, 1.165) is 54.8 Å². The van der Waals surface area contributed by atoms with Crippen molar-refractivity contribution in [1.82, 2.24) is 9.78 Å². The molecule has 0 amide bonds. The van der Waals surface area contributed by atoms with Gasteiger partial charge in [-0.1, -0.05) is 42.5 Å². The number of carbonyl (C=O) groups is 1. The zero-order valence-electron chi connectivity index (χ0n) is 20.4. The molecule has 2 aliphatic rings. The molecule has 184 valence electrons. The fourth-order valence-electron chi connectivity index (χ4n) is 5.39. The SMILES string of the molecule is COc1cccc(-c2c(-c3ccccc3)nn(CC3CCC(COCC(=O)O)CC3)c2C2CC2)c1. The topological polar surface area (TPSA) is 73.6 Å². The van der Waals surface area contributed by atoms with Crippen LogP contribution in [0.25, 0.3) is 22.4 Å². The maximum absolute atomic E-state index is 10.7. The first-order chi connectivity index (χ1) is 17.1. The van der Waals surface area contributed by atoms with Crippen LogP contribution < -0.4 is 4.74 Å². The van der Waals surface area contributed by atoms with Gasteiger partial charge in [-0.2, -0.15) is 5.10 Å². The average Bonchev–Trinajstić information content (AvgIpc) is 3.66. The Morgan fingerprint density at radius 2 is 1.69 bits per heavy atom. The lowest BCUT2D eigenvalue weighted by Crippen LogP contribution is -2.23. The molecule has 0 saturated heterocycles. The van der Waals surface area contributed by atoms with Gasteiger partial charge in [-0.15, -0.1) is 0 Å². The van der Waals surface area contributed by atoms with E-state index in [0.29, 0.717) is 24.4 Å². The van der Waals surface area contributed by atoms with Gasteiger partial charge in [0.15, 0.2) is 0 Å². The molecule has 1 heterocycles. The molecule has 6 heteroatoms. The molecule has 0 spiro atoms. The Hall–Kier alpha value is -3.12. The molecule has 2 saturated carbocycles. The molecule has 35 heavy (non-hydrogen) atoms. The van der Waals surface area contributed by atoms with E-state index in [2.05, 4.69) is 47.1 Å². The van der Waals surface area contributed by atoms with Crippen LogP contribution in [0.4, 0.5) is 0 Å². The highest BCUT2D eigenvalue weighted by Gasteiger charge is 2.34. The summed E-state index contributed by atoms with van der Waals surface area (Å²) in [5, 5.41) is 14.0. The molecule has 2 aliphatic carbocycles. The summed E-state index contributed by atoms with van der Waals surface area (Å²) in [4.78, 5) is 10.7. The number of nitrogens with zero attached hydrogens (tertiary/aromatic N) is 2. The number of hydrogen-bond acceptors (Lipinski definition) is 4. The minimum atomic E-state index is -0.897. The lowest BCUT2D eigenvalue weighted by atomic mass is 9.82. The molecule has 0 unspecified atom stereocenters. The average molecular weight is 475 g/mol. The third-order valence-electron chi connectivity index (χ3n) is 7.34. The van der Waals surface area contributed by atoms with Crippen molar-refractivity contribution in [3.63, 3.8) is 0 Å². The fourth-order valence-corrected chi connectivity index (χ4v) is 5.39. The van der Waals surface area contributed by atoms with Gasteiger partial charge in [0.1, 0.15) is 18.1 Å². The third kappa shape index (κ3) is 5.59. The Bertz CT molecular complexity index is 1140. The Morgan fingerprint density at radius 3 is 2.37 bits per heavy atom. The molecule has 5 rings (SSSR count). The molecular weight excluding hydrogens is 440 g/mol. The number of hydrogen-bond donors (Lipinski definition) is 1. The van der Waals surface area contributed by atoms with Crippen molar-refractivity contribution < 1.29 is 19.4 Å². The van der Waals surface area contributed by atoms with Crippen molar-refractivity contribution in [2.45, 2.75) is 51.0 Å². The zero-order valence-corrected chi connectivity index (χ0v) is 20.4. The molecule has 2 aromatic carbocycles. The van der Waals surface area contributed by atoms with Crippen molar-refractivity contribution in [2.24, 2.45) is 11.8 Å². The van der Waals surface area contributed by atoms with Gasteiger partial charge in [-0.05, 0) is 68.1 Å². The van der Waals surface area contributed by atoms with Crippen molar-refractivity contribution in [1.29, 1.82) is 0 Å². The number of benzene rings is 2. The van der Waals surface area contributed by atoms with E-state index in [1.165, 1.54) is 24.1 Å². The van der Waals surface area contributed by atoms with Gasteiger partial charge >= 0.3 is 5.97 Å². The van der Waals surface area contributed by atoms with Gasteiger partial charge in [-0.25, -0.2) is 4.79 Å². The molecule has 0 radical (unpaired) electrons. The highest BCUT2D eigenvalue weighted by Crippen LogP contribution is 2.48. The standard InChI is InChI=1S/C29H34N2O4/c1-34-25-9-5-8-24(16-25)27-28(22-6-3-2-4-7-22)30-31(29(27)23-14-15-23)17-20-10-12-21(13-11-20)18-35-19-26(32)33/h2-9,16,20-21,23H,10-15,17-19H2,1H3,(H,32,33). The summed E-state index contributed by atoms with van der Waals surface area (Å²) in [7, 11) is 1.71. The van der Waals surface area contributed by atoms with Crippen molar-refractivity contribution in [3.8, 4) is 28.1 Å². The van der Waals surface area contributed by atoms with Gasteiger partial charge in [0.2, 0.25) is 0 Å². The van der Waals surface area contributed by atoms with E-state index >= 15 is 0 Å². The zero-order chi connectivity index (χ0) is 24.2. The summed E-state index contributed by atoms with van der Waals surface area (Å²) in [6.07, 6.45) is 6.84. The molecule has 0 atom stereocenters. The predicted octanol–water partition coefficient (Wildman–Crippen LogP) is 6.01. The summed E-state index contributed by atoms with van der Waals surface area (Å²) >= 11 is 0. The van der Waals surface area contributed by atoms with Gasteiger partial charge in [0, 0.05) is 29.3 Å². The number of ether oxygens (including phenoxy) is 2. The van der Waals surface area contributed by atoms with Crippen LogP contribution in [0.2, 0.25) is 0 Å². The maximum atomic E-state index is 10.7. The van der Waals surface area contributed by atoms with Crippen LogP contribution in [0, 0.1) is 11.8 Å². The van der Waals surface area contributed by atoms with Crippen LogP contribution in [-0.2, 0) is 16.1 Å². The molecule has 1 aromatic heterocycles. The minimum Gasteiger partial charge on any atom is -0.497 e. The second-order valence-corrected chi connectivity index (χ2v) is 9.96. The van der Waals surface area contributed by atoms with Crippen LogP contribution in [0.1, 0.15) is 50.1 Å². The quantitative estimate of drug-likeness (QED) is 0.389. The lowest BCUT2D eigenvalue weighted by molar-refractivity contribution is -0.142. The molecule has 3 aromatic rings. The number of rotatable bonds is 10. The molecule has 6 nitrogen and oxygen atoms in total. The van der Waals surface area contributed by atoms with Crippen LogP contribution in [-0.4, -0.2) is 41.2 Å². The highest BCUT2D eigenvalue weighted by atomic mass is 16.5. The van der Waals surface area contributed by atoms with Crippen LogP contribution in [0.5, 0.6) is 5.75 Å². The van der Waals surface area contributed by atoms with E-state index in [-0.39, 0.29) is 6.61 Å². The molecule has 0 bridgehead atoms. The Morgan fingerprint density at radius 1 is 0.971 bits per heavy atom. The minimum absolute atomic E-state index is 0.201. The first-order valence-corrected chi connectivity index (χ1v) is 12.7. The maximum Gasteiger partial charge on any atom is 0.329 e. The van der Waals surface area contributed by atoms with Crippen LogP contribution in [0.15, 0.2) is 54.6 Å². The predicted molar refractivity (Wildman–Crippen MR) is 136 cm³/mol. The Labute approximate surface area is 206 Å². The van der Waals surface area contributed by atoms with Gasteiger partial charge < -0.3 is 14.6 Å². The van der Waals surface area contributed by atoms with E-state index in [4.69, 9.17) is 19.7 Å². The third-order valence-corrected chi connectivity index (χ3v) is 7.34. The monoisotopic (exact) mass is 474 g/mol. The smallest absolute Gasteiger partial charge is 0.329 e. The second-order valence-electron chi connectivity index (χ2n) is 9.96. The number of carboxylic acids is 1. The molecule has 1 N–H and O–H groups in total. The summed E-state index contributed by atoms with van der Waals surface area (Å²) in [5.74, 6) is 1.55.